The molecule has 1 aromatic heterocycles. The predicted molar refractivity (Wildman–Crippen MR) is 54.4 cm³/mol. The molecule has 0 aliphatic heterocycles. The van der Waals surface area contributed by atoms with Crippen molar-refractivity contribution in [3.63, 3.8) is 0 Å². The molecule has 0 aliphatic carbocycles. The summed E-state index contributed by atoms with van der Waals surface area (Å²) in [6, 6.07) is 8.21. The molecular weight excluding hydrogens is 180 g/mol. The van der Waals surface area contributed by atoms with Crippen molar-refractivity contribution < 1.29 is 9.15 Å². The molecule has 1 heterocycles. The van der Waals surface area contributed by atoms with E-state index in [2.05, 4.69) is 10.3 Å². The van der Waals surface area contributed by atoms with Crippen molar-refractivity contribution in [2.45, 2.75) is 0 Å². The van der Waals surface area contributed by atoms with E-state index < -0.39 is 0 Å². The molecule has 1 aromatic carbocycles. The number of fused-ring (bicyclic) bond motifs is 1. The highest BCUT2D eigenvalue weighted by Crippen LogP contribution is 2.17. The number of methoxy groups -OCH3 is 1. The van der Waals surface area contributed by atoms with Crippen molar-refractivity contribution in [1.82, 2.24) is 4.98 Å². The highest BCUT2D eigenvalue weighted by atomic mass is 16.5. The van der Waals surface area contributed by atoms with E-state index in [1.54, 1.807) is 7.11 Å². The minimum Gasteiger partial charge on any atom is -0.424 e. The summed E-state index contributed by atoms with van der Waals surface area (Å²) in [7, 11) is 1.66. The van der Waals surface area contributed by atoms with Crippen LogP contribution < -0.4 is 5.32 Å². The van der Waals surface area contributed by atoms with E-state index in [1.165, 1.54) is 0 Å². The molecular formula is C10H12N2O2. The number of hydrogen-bond acceptors (Lipinski definition) is 4. The maximum absolute atomic E-state index is 5.44. The SMILES string of the molecule is COCCNc1nc2ccccc2o1. The summed E-state index contributed by atoms with van der Waals surface area (Å²) < 4.78 is 10.3. The summed E-state index contributed by atoms with van der Waals surface area (Å²) >= 11 is 0. The molecule has 0 amide bonds. The Balaban J connectivity index is 2.11. The monoisotopic (exact) mass is 192 g/mol. The molecule has 0 radical (unpaired) electrons. The van der Waals surface area contributed by atoms with Crippen molar-refractivity contribution in [2.24, 2.45) is 0 Å². The van der Waals surface area contributed by atoms with Gasteiger partial charge in [0, 0.05) is 13.7 Å². The second-order valence-electron chi connectivity index (χ2n) is 2.91. The number of anilines is 1. The van der Waals surface area contributed by atoms with Crippen LogP contribution in [0.25, 0.3) is 11.1 Å². The van der Waals surface area contributed by atoms with E-state index in [-0.39, 0.29) is 0 Å². The fraction of sp³-hybridized carbons (Fsp3) is 0.300. The molecule has 0 saturated heterocycles. The second kappa shape index (κ2) is 4.11. The number of nitrogens with zero attached hydrogens (tertiary/aromatic N) is 1. The van der Waals surface area contributed by atoms with Gasteiger partial charge >= 0.3 is 0 Å². The van der Waals surface area contributed by atoms with Crippen LogP contribution in [-0.2, 0) is 4.74 Å². The Morgan fingerprint density at radius 3 is 3.07 bits per heavy atom. The molecule has 0 atom stereocenters. The summed E-state index contributed by atoms with van der Waals surface area (Å²) in [6.07, 6.45) is 0. The van der Waals surface area contributed by atoms with Crippen molar-refractivity contribution in [3.05, 3.63) is 24.3 Å². The molecule has 2 aromatic rings. The summed E-state index contributed by atoms with van der Waals surface area (Å²) in [5.41, 5.74) is 1.67. The maximum atomic E-state index is 5.44. The molecule has 0 fully saturated rings. The van der Waals surface area contributed by atoms with Crippen molar-refractivity contribution in [2.75, 3.05) is 25.6 Å². The fourth-order valence-electron chi connectivity index (χ4n) is 1.21. The average Bonchev–Trinajstić information content (AvgIpc) is 2.60. The molecule has 4 nitrogen and oxygen atoms in total. The molecule has 0 spiro atoms. The first-order chi connectivity index (χ1) is 6.90. The number of ether oxygens (including phenoxy) is 1. The summed E-state index contributed by atoms with van der Waals surface area (Å²) in [6.45, 7) is 1.34. The van der Waals surface area contributed by atoms with E-state index in [4.69, 9.17) is 9.15 Å². The van der Waals surface area contributed by atoms with E-state index in [9.17, 15) is 0 Å². The van der Waals surface area contributed by atoms with Gasteiger partial charge in [-0.3, -0.25) is 0 Å². The van der Waals surface area contributed by atoms with Gasteiger partial charge in [-0.25, -0.2) is 0 Å². The number of oxazole rings is 1. The van der Waals surface area contributed by atoms with Crippen LogP contribution in [0, 0.1) is 0 Å². The average molecular weight is 192 g/mol. The van der Waals surface area contributed by atoms with Crippen LogP contribution in [0.1, 0.15) is 0 Å². The lowest BCUT2D eigenvalue weighted by atomic mass is 10.3. The van der Waals surface area contributed by atoms with Gasteiger partial charge in [-0.15, -0.1) is 0 Å². The fourth-order valence-corrected chi connectivity index (χ4v) is 1.21. The van der Waals surface area contributed by atoms with Crippen LogP contribution in [0.4, 0.5) is 6.01 Å². The molecule has 0 aliphatic rings. The Bertz CT molecular complexity index is 378. The zero-order valence-electron chi connectivity index (χ0n) is 7.99. The molecule has 14 heavy (non-hydrogen) atoms. The lowest BCUT2D eigenvalue weighted by Gasteiger charge is -1.98. The second-order valence-corrected chi connectivity index (χ2v) is 2.91. The highest BCUT2D eigenvalue weighted by molar-refractivity contribution is 5.74. The number of para-hydroxylation sites is 2. The zero-order valence-corrected chi connectivity index (χ0v) is 7.99. The maximum Gasteiger partial charge on any atom is 0.295 e. The normalized spacial score (nSPS) is 10.6. The lowest BCUT2D eigenvalue weighted by molar-refractivity contribution is 0.210. The van der Waals surface area contributed by atoms with Gasteiger partial charge in [0.25, 0.3) is 6.01 Å². The van der Waals surface area contributed by atoms with Gasteiger partial charge in [-0.05, 0) is 12.1 Å². The minimum absolute atomic E-state index is 0.545. The Labute approximate surface area is 81.9 Å². The van der Waals surface area contributed by atoms with Crippen LogP contribution in [-0.4, -0.2) is 25.2 Å². The zero-order chi connectivity index (χ0) is 9.80. The van der Waals surface area contributed by atoms with E-state index in [0.29, 0.717) is 19.2 Å². The number of rotatable bonds is 4. The Morgan fingerprint density at radius 1 is 1.43 bits per heavy atom. The van der Waals surface area contributed by atoms with Crippen molar-refractivity contribution >= 4 is 17.1 Å². The van der Waals surface area contributed by atoms with E-state index in [1.807, 2.05) is 24.3 Å². The Hall–Kier alpha value is -1.55. The molecule has 0 bridgehead atoms. The van der Waals surface area contributed by atoms with Gasteiger partial charge in [0.2, 0.25) is 0 Å². The Kier molecular flexibility index (Phi) is 2.65. The van der Waals surface area contributed by atoms with Gasteiger partial charge in [-0.1, -0.05) is 12.1 Å². The van der Waals surface area contributed by atoms with E-state index >= 15 is 0 Å². The van der Waals surface area contributed by atoms with Crippen LogP contribution in [0.15, 0.2) is 28.7 Å². The van der Waals surface area contributed by atoms with Crippen LogP contribution in [0.3, 0.4) is 0 Å². The summed E-state index contributed by atoms with van der Waals surface area (Å²) in [5, 5.41) is 3.03. The molecule has 0 unspecified atom stereocenters. The first kappa shape index (κ1) is 9.02. The summed E-state index contributed by atoms with van der Waals surface area (Å²) in [5.74, 6) is 0. The first-order valence-corrected chi connectivity index (χ1v) is 4.48. The molecule has 2 rings (SSSR count). The standard InChI is InChI=1S/C10H12N2O2/c1-13-7-6-11-10-12-8-4-2-3-5-9(8)14-10/h2-5H,6-7H2,1H3,(H,11,12). The van der Waals surface area contributed by atoms with Crippen LogP contribution >= 0.6 is 0 Å². The van der Waals surface area contributed by atoms with Gasteiger partial charge in [-0.2, -0.15) is 4.98 Å². The van der Waals surface area contributed by atoms with E-state index in [0.717, 1.165) is 11.1 Å². The minimum atomic E-state index is 0.545. The quantitative estimate of drug-likeness (QED) is 0.751. The third kappa shape index (κ3) is 1.85. The predicted octanol–water partition coefficient (Wildman–Crippen LogP) is 1.89. The van der Waals surface area contributed by atoms with Gasteiger partial charge in [0.05, 0.1) is 6.61 Å². The summed E-state index contributed by atoms with van der Waals surface area (Å²) in [4.78, 5) is 4.25. The molecule has 0 saturated carbocycles. The third-order valence-electron chi connectivity index (χ3n) is 1.88. The van der Waals surface area contributed by atoms with Crippen molar-refractivity contribution in [1.29, 1.82) is 0 Å². The van der Waals surface area contributed by atoms with Gasteiger partial charge in [0.15, 0.2) is 5.58 Å². The Morgan fingerprint density at radius 2 is 2.29 bits per heavy atom. The van der Waals surface area contributed by atoms with Gasteiger partial charge in [0.1, 0.15) is 5.52 Å². The van der Waals surface area contributed by atoms with Crippen molar-refractivity contribution in [3.8, 4) is 0 Å². The lowest BCUT2D eigenvalue weighted by Crippen LogP contribution is -2.07. The molecule has 1 N–H and O–H groups in total. The number of aromatic nitrogens is 1. The highest BCUT2D eigenvalue weighted by Gasteiger charge is 2.02. The largest absolute Gasteiger partial charge is 0.424 e. The van der Waals surface area contributed by atoms with Gasteiger partial charge < -0.3 is 14.5 Å². The number of benzene rings is 1. The number of nitrogens with one attached hydrogen (secondary N) is 1. The van der Waals surface area contributed by atoms with Crippen LogP contribution in [0.5, 0.6) is 0 Å². The smallest absolute Gasteiger partial charge is 0.295 e. The molecule has 74 valence electrons. The first-order valence-electron chi connectivity index (χ1n) is 4.48. The third-order valence-corrected chi connectivity index (χ3v) is 1.88. The number of hydrogen-bond donors (Lipinski definition) is 1. The van der Waals surface area contributed by atoms with Crippen LogP contribution in [0.2, 0.25) is 0 Å². The molecule has 4 heteroatoms. The topological polar surface area (TPSA) is 47.3 Å².